The minimum atomic E-state index is 0.904. The number of aryl methyl sites for hydroxylation is 1. The summed E-state index contributed by atoms with van der Waals surface area (Å²) in [5, 5.41) is 3.20. The van der Waals surface area contributed by atoms with Crippen molar-refractivity contribution in [2.24, 2.45) is 0 Å². The fourth-order valence-corrected chi connectivity index (χ4v) is 3.23. The molecule has 0 fully saturated rings. The van der Waals surface area contributed by atoms with E-state index in [0.717, 1.165) is 41.2 Å². The number of nitrogens with zero attached hydrogens (tertiary/aromatic N) is 3. The van der Waals surface area contributed by atoms with E-state index in [0.29, 0.717) is 0 Å². The van der Waals surface area contributed by atoms with Crippen LogP contribution in [0.4, 0.5) is 5.82 Å². The first kappa shape index (κ1) is 14.8. The maximum atomic E-state index is 5.18. The van der Waals surface area contributed by atoms with Gasteiger partial charge in [-0.3, -0.25) is 0 Å². The molecule has 0 unspecified atom stereocenters. The molecule has 114 valence electrons. The molecule has 5 heteroatoms. The summed E-state index contributed by atoms with van der Waals surface area (Å²) in [6.45, 7) is 0.966. The van der Waals surface area contributed by atoms with Crippen LogP contribution in [0.25, 0.3) is 10.2 Å². The van der Waals surface area contributed by atoms with Crippen LogP contribution in [-0.4, -0.2) is 30.7 Å². The molecule has 0 bridgehead atoms. The van der Waals surface area contributed by atoms with Crippen LogP contribution in [0.5, 0.6) is 5.75 Å². The summed E-state index contributed by atoms with van der Waals surface area (Å²) in [5.41, 5.74) is 1.33. The van der Waals surface area contributed by atoms with E-state index in [1.165, 1.54) is 5.56 Å². The first-order valence-electron chi connectivity index (χ1n) is 7.30. The normalized spacial score (nSPS) is 10.8. The largest absolute Gasteiger partial charge is 0.497 e. The standard InChI is InChI=1S/C17H19N3OS/c1-20(16-15-9-11-22-17(15)19-12-18-16)10-3-4-13-5-7-14(21-2)8-6-13/h5-9,11-12H,3-4,10H2,1-2H3. The Balaban J connectivity index is 1.60. The molecule has 0 saturated heterocycles. The van der Waals surface area contributed by atoms with Crippen LogP contribution in [-0.2, 0) is 6.42 Å². The number of methoxy groups -OCH3 is 1. The number of anilines is 1. The molecule has 4 nitrogen and oxygen atoms in total. The first-order valence-corrected chi connectivity index (χ1v) is 8.18. The molecule has 0 atom stereocenters. The highest BCUT2D eigenvalue weighted by molar-refractivity contribution is 7.16. The number of benzene rings is 1. The Morgan fingerprint density at radius 2 is 1.95 bits per heavy atom. The minimum absolute atomic E-state index is 0.904. The molecule has 0 spiro atoms. The zero-order valence-corrected chi connectivity index (χ0v) is 13.6. The minimum Gasteiger partial charge on any atom is -0.497 e. The van der Waals surface area contributed by atoms with E-state index < -0.39 is 0 Å². The zero-order chi connectivity index (χ0) is 15.4. The second-order valence-electron chi connectivity index (χ2n) is 5.21. The van der Waals surface area contributed by atoms with Gasteiger partial charge in [-0.2, -0.15) is 0 Å². The highest BCUT2D eigenvalue weighted by Gasteiger charge is 2.09. The van der Waals surface area contributed by atoms with Crippen molar-refractivity contribution in [3.05, 3.63) is 47.6 Å². The number of hydrogen-bond donors (Lipinski definition) is 0. The van der Waals surface area contributed by atoms with Crippen LogP contribution in [0, 0.1) is 0 Å². The summed E-state index contributed by atoms with van der Waals surface area (Å²) < 4.78 is 5.18. The fourth-order valence-electron chi connectivity index (χ4n) is 2.50. The summed E-state index contributed by atoms with van der Waals surface area (Å²) in [4.78, 5) is 12.0. The number of ether oxygens (including phenoxy) is 1. The fraction of sp³-hybridized carbons (Fsp3) is 0.294. The molecule has 0 amide bonds. The van der Waals surface area contributed by atoms with E-state index in [1.54, 1.807) is 24.8 Å². The average Bonchev–Trinajstić information content (AvgIpc) is 3.04. The van der Waals surface area contributed by atoms with Crippen molar-refractivity contribution in [2.45, 2.75) is 12.8 Å². The van der Waals surface area contributed by atoms with Gasteiger partial charge < -0.3 is 9.64 Å². The number of aromatic nitrogens is 2. The van der Waals surface area contributed by atoms with Crippen LogP contribution in [0.15, 0.2) is 42.0 Å². The van der Waals surface area contributed by atoms with E-state index >= 15 is 0 Å². The predicted octanol–water partition coefficient (Wildman–Crippen LogP) is 3.77. The number of hydrogen-bond acceptors (Lipinski definition) is 5. The molecule has 0 radical (unpaired) electrons. The Labute approximate surface area is 134 Å². The monoisotopic (exact) mass is 313 g/mol. The Bertz CT molecular complexity index is 739. The molecule has 0 aliphatic carbocycles. The van der Waals surface area contributed by atoms with Gasteiger partial charge in [0.2, 0.25) is 0 Å². The summed E-state index contributed by atoms with van der Waals surface area (Å²) in [7, 11) is 3.78. The van der Waals surface area contributed by atoms with E-state index in [-0.39, 0.29) is 0 Å². The molecule has 0 saturated carbocycles. The zero-order valence-electron chi connectivity index (χ0n) is 12.8. The Kier molecular flexibility index (Phi) is 4.53. The van der Waals surface area contributed by atoms with Crippen molar-refractivity contribution in [2.75, 3.05) is 25.6 Å². The molecule has 3 rings (SSSR count). The SMILES string of the molecule is COc1ccc(CCCN(C)c2ncnc3sccc23)cc1. The lowest BCUT2D eigenvalue weighted by Crippen LogP contribution is -2.20. The average molecular weight is 313 g/mol. The van der Waals surface area contributed by atoms with E-state index in [9.17, 15) is 0 Å². The molecule has 22 heavy (non-hydrogen) atoms. The summed E-state index contributed by atoms with van der Waals surface area (Å²) in [6, 6.07) is 10.4. The quantitative estimate of drug-likeness (QED) is 0.694. The molecular formula is C17H19N3OS. The topological polar surface area (TPSA) is 38.2 Å². The van der Waals surface area contributed by atoms with Crippen molar-refractivity contribution in [3.63, 3.8) is 0 Å². The van der Waals surface area contributed by atoms with Crippen LogP contribution >= 0.6 is 11.3 Å². The highest BCUT2D eigenvalue weighted by Crippen LogP contribution is 2.26. The number of fused-ring (bicyclic) bond motifs is 1. The lowest BCUT2D eigenvalue weighted by molar-refractivity contribution is 0.414. The molecule has 0 aliphatic heterocycles. The maximum absolute atomic E-state index is 5.18. The molecule has 0 aliphatic rings. The van der Waals surface area contributed by atoms with E-state index in [1.807, 2.05) is 12.1 Å². The van der Waals surface area contributed by atoms with Gasteiger partial charge in [0.05, 0.1) is 12.5 Å². The Morgan fingerprint density at radius 3 is 2.73 bits per heavy atom. The van der Waals surface area contributed by atoms with Gasteiger partial charge in [-0.05, 0) is 42.0 Å². The van der Waals surface area contributed by atoms with Crippen LogP contribution < -0.4 is 9.64 Å². The smallest absolute Gasteiger partial charge is 0.140 e. The van der Waals surface area contributed by atoms with Gasteiger partial charge in [0.1, 0.15) is 22.7 Å². The van der Waals surface area contributed by atoms with Gasteiger partial charge in [0.15, 0.2) is 0 Å². The predicted molar refractivity (Wildman–Crippen MR) is 92.0 cm³/mol. The maximum Gasteiger partial charge on any atom is 0.140 e. The van der Waals surface area contributed by atoms with Crippen LogP contribution in [0.2, 0.25) is 0 Å². The van der Waals surface area contributed by atoms with Gasteiger partial charge in [0.25, 0.3) is 0 Å². The Morgan fingerprint density at radius 1 is 1.14 bits per heavy atom. The van der Waals surface area contributed by atoms with E-state index in [4.69, 9.17) is 4.74 Å². The summed E-state index contributed by atoms with van der Waals surface area (Å²) >= 11 is 1.65. The molecule has 3 aromatic rings. The van der Waals surface area contributed by atoms with E-state index in [2.05, 4.69) is 45.5 Å². The van der Waals surface area contributed by atoms with Crippen molar-refractivity contribution in [1.82, 2.24) is 9.97 Å². The second kappa shape index (κ2) is 6.75. The highest BCUT2D eigenvalue weighted by atomic mass is 32.1. The van der Waals surface area contributed by atoms with Gasteiger partial charge in [0, 0.05) is 13.6 Å². The van der Waals surface area contributed by atoms with Gasteiger partial charge >= 0.3 is 0 Å². The Hall–Kier alpha value is -2.14. The van der Waals surface area contributed by atoms with Crippen molar-refractivity contribution < 1.29 is 4.74 Å². The van der Waals surface area contributed by atoms with Crippen molar-refractivity contribution >= 4 is 27.4 Å². The van der Waals surface area contributed by atoms with Crippen LogP contribution in [0.1, 0.15) is 12.0 Å². The molecule has 2 heterocycles. The third kappa shape index (κ3) is 3.20. The van der Waals surface area contributed by atoms with Gasteiger partial charge in [-0.1, -0.05) is 12.1 Å². The first-order chi connectivity index (χ1) is 10.8. The number of rotatable bonds is 6. The molecular weight excluding hydrogens is 294 g/mol. The third-order valence-corrected chi connectivity index (χ3v) is 4.54. The summed E-state index contributed by atoms with van der Waals surface area (Å²) in [5.74, 6) is 1.92. The van der Waals surface area contributed by atoms with Crippen molar-refractivity contribution in [1.29, 1.82) is 0 Å². The lowest BCUT2D eigenvalue weighted by atomic mass is 10.1. The van der Waals surface area contributed by atoms with Crippen molar-refractivity contribution in [3.8, 4) is 5.75 Å². The van der Waals surface area contributed by atoms with Gasteiger partial charge in [-0.15, -0.1) is 11.3 Å². The second-order valence-corrected chi connectivity index (χ2v) is 6.10. The molecule has 1 aromatic carbocycles. The lowest BCUT2D eigenvalue weighted by Gasteiger charge is -2.18. The summed E-state index contributed by atoms with van der Waals surface area (Å²) in [6.07, 6.45) is 3.78. The van der Waals surface area contributed by atoms with Gasteiger partial charge in [-0.25, -0.2) is 9.97 Å². The molecule has 0 N–H and O–H groups in total. The van der Waals surface area contributed by atoms with Crippen LogP contribution in [0.3, 0.4) is 0 Å². The molecule has 2 aromatic heterocycles. The number of thiophene rings is 1. The third-order valence-electron chi connectivity index (χ3n) is 3.72.